The zero-order chi connectivity index (χ0) is 48.6. The molecule has 1 aromatic carbocycles. The lowest BCUT2D eigenvalue weighted by Gasteiger charge is -2.36. The summed E-state index contributed by atoms with van der Waals surface area (Å²) in [6.45, 7) is -5.70. The molecule has 5 aliphatic rings. The van der Waals surface area contributed by atoms with Crippen LogP contribution in [-0.4, -0.2) is 114 Å². The smallest absolute Gasteiger partial charge is 0.284 e. The highest BCUT2D eigenvalue weighted by molar-refractivity contribution is 6.08. The van der Waals surface area contributed by atoms with Gasteiger partial charge in [-0.3, -0.25) is 29.1 Å². The predicted molar refractivity (Wildman–Crippen MR) is 223 cm³/mol. The number of nitrogens with one attached hydrogen (secondary N) is 2. The number of morpholine rings is 1. The number of rotatable bonds is 10. The number of likely N-dealkylation sites (tertiary alicyclic amines) is 1. The first-order valence-electron chi connectivity index (χ1n) is 24.5. The van der Waals surface area contributed by atoms with E-state index < -0.39 is 61.8 Å². The van der Waals surface area contributed by atoms with Gasteiger partial charge in [-0.2, -0.15) is 15.3 Å². The Balaban J connectivity index is 0.755. The Labute approximate surface area is 366 Å². The highest BCUT2D eigenvalue weighted by Gasteiger charge is 2.40. The minimum absolute atomic E-state index is 0.0845. The van der Waals surface area contributed by atoms with Crippen LogP contribution >= 0.6 is 0 Å². The van der Waals surface area contributed by atoms with Crippen molar-refractivity contribution in [3.05, 3.63) is 65.4 Å². The monoisotopic (exact) mass is 856 g/mol. The van der Waals surface area contributed by atoms with Crippen LogP contribution in [0.4, 0.5) is 20.3 Å². The molecule has 5 aromatic rings. The topological polar surface area (TPSA) is 166 Å². The lowest BCUT2D eigenvalue weighted by molar-refractivity contribution is -0.134. The van der Waals surface area contributed by atoms with Crippen molar-refractivity contribution < 1.29 is 42.2 Å². The Bertz CT molecular complexity index is 2870. The molecule has 18 heteroatoms. The number of aryl methyl sites for hydroxylation is 1. The van der Waals surface area contributed by atoms with Gasteiger partial charge in [0.2, 0.25) is 11.8 Å². The number of ether oxygens (including phenoxy) is 2. The van der Waals surface area contributed by atoms with Crippen LogP contribution in [0, 0.1) is 17.8 Å². The van der Waals surface area contributed by atoms with Crippen LogP contribution in [0.25, 0.3) is 16.6 Å². The minimum atomic E-state index is -2.97. The zero-order valence-electron chi connectivity index (χ0n) is 40.6. The van der Waals surface area contributed by atoms with Gasteiger partial charge in [0.1, 0.15) is 18.0 Å². The number of aromatic nitrogens is 7. The largest absolute Gasteiger partial charge is 0.374 e. The maximum atomic E-state index is 14.4. The Morgan fingerprint density at radius 3 is 2.73 bits per heavy atom. The van der Waals surface area contributed by atoms with Crippen LogP contribution in [0.5, 0.6) is 0 Å². The molecule has 10 rings (SSSR count). The number of hydrogen-bond acceptors (Lipinski definition) is 11. The molecular formula is C44H49F2N11O5. The zero-order valence-corrected chi connectivity index (χ0v) is 33.6. The van der Waals surface area contributed by atoms with E-state index in [1.54, 1.807) is 24.4 Å². The van der Waals surface area contributed by atoms with Crippen LogP contribution in [0.1, 0.15) is 113 Å². The average Bonchev–Trinajstić information content (AvgIpc) is 4.15. The summed E-state index contributed by atoms with van der Waals surface area (Å²) in [5, 5.41) is 18.1. The molecule has 16 nitrogen and oxygen atoms in total. The number of amides is 3. The maximum absolute atomic E-state index is 14.4. The van der Waals surface area contributed by atoms with Crippen molar-refractivity contribution in [1.82, 2.24) is 44.4 Å². The van der Waals surface area contributed by atoms with Gasteiger partial charge in [0, 0.05) is 66.9 Å². The van der Waals surface area contributed by atoms with Gasteiger partial charge in [-0.1, -0.05) is 24.0 Å². The van der Waals surface area contributed by atoms with E-state index >= 15 is 0 Å². The fourth-order valence-corrected chi connectivity index (χ4v) is 9.34. The first kappa shape index (κ1) is 32.9. The number of imide groups is 1. The molecule has 1 unspecified atom stereocenters. The average molecular weight is 857 g/mol. The Morgan fingerprint density at radius 2 is 1.97 bits per heavy atom. The fraction of sp³-hybridized carbons (Fsp3) is 0.523. The molecule has 324 valence electrons. The molecule has 3 atom stereocenters. The predicted octanol–water partition coefficient (Wildman–Crippen LogP) is 4.76. The third-order valence-corrected chi connectivity index (χ3v) is 12.6. The van der Waals surface area contributed by atoms with Crippen LogP contribution in [-0.2, 0) is 26.0 Å². The summed E-state index contributed by atoms with van der Waals surface area (Å²) in [6.07, 6.45) is 3.81. The van der Waals surface area contributed by atoms with Crippen LogP contribution < -0.4 is 15.5 Å². The summed E-state index contributed by atoms with van der Waals surface area (Å²) < 4.78 is 104. The number of halogens is 2. The molecule has 2 bridgehead atoms. The molecule has 4 aliphatic heterocycles. The second-order valence-electron chi connectivity index (χ2n) is 16.5. The Hall–Kier alpha value is -5.77. The van der Waals surface area contributed by atoms with Gasteiger partial charge < -0.3 is 24.6 Å². The first-order valence-corrected chi connectivity index (χ1v) is 21.0. The fourth-order valence-electron chi connectivity index (χ4n) is 9.34. The molecular weight excluding hydrogens is 801 g/mol. The summed E-state index contributed by atoms with van der Waals surface area (Å²) in [5.41, 5.74) is 0.415. The van der Waals surface area contributed by atoms with Crippen LogP contribution in [0.2, 0.25) is 0 Å². The van der Waals surface area contributed by atoms with E-state index in [4.69, 9.17) is 24.1 Å². The number of hydrogen-bond donors (Lipinski definition) is 2. The SMILES string of the molecule is [2H]C1([2H])CC(OCC#Cc2cccc3c(C4CCC(=O)NC4=O)nn(C([2H])([2H])[2H])c23)CC([2H])([2H])N1CC1CCC(n2cc(NC(=O)c3cnn4ccc(N5C[C@@H]6C[C@H]5CO6)nc34)c(C(F)F)n2)CC1. The van der Waals surface area contributed by atoms with Gasteiger partial charge in [-0.15, -0.1) is 0 Å². The second-order valence-corrected chi connectivity index (χ2v) is 16.5. The lowest BCUT2D eigenvalue weighted by atomic mass is 9.85. The first-order chi connectivity index (χ1) is 32.8. The molecule has 4 saturated heterocycles. The molecule has 0 spiro atoms. The third-order valence-electron chi connectivity index (χ3n) is 12.6. The number of nitrogens with zero attached hydrogens (tertiary/aromatic N) is 9. The van der Waals surface area contributed by atoms with Gasteiger partial charge >= 0.3 is 0 Å². The van der Waals surface area contributed by atoms with Gasteiger partial charge in [0.25, 0.3) is 12.3 Å². The molecule has 5 fully saturated rings. The molecule has 62 heavy (non-hydrogen) atoms. The van der Waals surface area contributed by atoms with Gasteiger partial charge in [-0.25, -0.2) is 18.3 Å². The highest BCUT2D eigenvalue weighted by atomic mass is 19.3. The van der Waals surface area contributed by atoms with E-state index in [9.17, 15) is 23.2 Å². The van der Waals surface area contributed by atoms with Crippen molar-refractivity contribution >= 4 is 45.8 Å². The second kappa shape index (κ2) is 16.8. The number of para-hydroxylation sites is 1. The lowest BCUT2D eigenvalue weighted by Crippen LogP contribution is -2.40. The maximum Gasteiger partial charge on any atom is 0.284 e. The van der Waals surface area contributed by atoms with Crippen molar-refractivity contribution in [2.24, 2.45) is 12.9 Å². The molecule has 2 N–H and O–H groups in total. The quantitative estimate of drug-likeness (QED) is 0.147. The molecule has 1 aliphatic carbocycles. The summed E-state index contributed by atoms with van der Waals surface area (Å²) in [4.78, 5) is 46.2. The van der Waals surface area contributed by atoms with E-state index in [0.717, 1.165) is 11.1 Å². The molecule has 3 amide bonds. The molecule has 1 saturated carbocycles. The number of carbonyl (C=O) groups excluding carboxylic acids is 3. The highest BCUT2D eigenvalue weighted by Crippen LogP contribution is 2.37. The molecule has 8 heterocycles. The Kier molecular flexibility index (Phi) is 8.93. The molecule has 4 aromatic heterocycles. The van der Waals surface area contributed by atoms with Gasteiger partial charge in [-0.05, 0) is 69.4 Å². The van der Waals surface area contributed by atoms with E-state index in [0.29, 0.717) is 55.6 Å². The Morgan fingerprint density at radius 1 is 1.11 bits per heavy atom. The summed E-state index contributed by atoms with van der Waals surface area (Å²) in [5.74, 6) is 3.91. The number of anilines is 2. The minimum Gasteiger partial charge on any atom is -0.374 e. The standard InChI is InChI=1S/C44H49F2N11O5/c1-53-40-27(4-2-6-32(40)38(51-53)33-11-12-37(58)50-43(33)59)5-3-19-61-30-13-16-54(17-14-30)22-26-7-9-28(10-8-26)57-24-35(39(52-57)41(45)46)48-44(60)34-21-47-56-18-15-36(49-42(34)56)55-23-31-20-29(55)25-62-31/h2,4,6,15,18,21,24,26,28-31,33,41H,7-14,16-17,19-20,22-23,25H2,1H3,(H,48,60)(H,50,58,59)/t26?,28?,29-,31-,33?/m0/s1/i1D3,16D2,17D2. The number of benzene rings is 1. The van der Waals surface area contributed by atoms with Crippen molar-refractivity contribution in [2.45, 2.75) is 94.4 Å². The van der Waals surface area contributed by atoms with Crippen LogP contribution in [0.15, 0.2) is 42.9 Å². The van der Waals surface area contributed by atoms with E-state index in [-0.39, 0.29) is 91.0 Å². The van der Waals surface area contributed by atoms with E-state index in [1.165, 1.54) is 26.5 Å². The third kappa shape index (κ3) is 7.93. The number of alkyl halides is 2. The van der Waals surface area contributed by atoms with Crippen molar-refractivity contribution in [3.63, 3.8) is 0 Å². The summed E-state index contributed by atoms with van der Waals surface area (Å²) >= 11 is 0. The van der Waals surface area contributed by atoms with Crippen molar-refractivity contribution in [1.29, 1.82) is 0 Å². The summed E-state index contributed by atoms with van der Waals surface area (Å²) in [6, 6.07) is 6.64. The number of carbonyl (C=O) groups is 3. The number of fused-ring (bicyclic) bond motifs is 4. The van der Waals surface area contributed by atoms with Gasteiger partial charge in [0.15, 0.2) is 11.3 Å². The number of piperidine rings is 2. The summed E-state index contributed by atoms with van der Waals surface area (Å²) in [7, 11) is 0. The normalized spacial score (nSPS) is 28.1. The van der Waals surface area contributed by atoms with Gasteiger partial charge in [0.05, 0.1) is 65.5 Å². The van der Waals surface area contributed by atoms with E-state index in [1.807, 2.05) is 6.07 Å². The van der Waals surface area contributed by atoms with Crippen molar-refractivity contribution in [2.75, 3.05) is 49.5 Å². The van der Waals surface area contributed by atoms with Crippen molar-refractivity contribution in [3.8, 4) is 11.8 Å². The molecule has 0 radical (unpaired) electrons. The van der Waals surface area contributed by atoms with E-state index in [2.05, 4.69) is 42.7 Å². The van der Waals surface area contributed by atoms with Crippen LogP contribution in [0.3, 0.4) is 0 Å².